The number of hydrogen-bond donors (Lipinski definition) is 1. The summed E-state index contributed by atoms with van der Waals surface area (Å²) in [5, 5.41) is 4.04. The average molecular weight is 369 g/mol. The molecular weight excluding hydrogens is 350 g/mol. The number of carbonyl (C=O) groups excluding carboxylic acids is 1. The summed E-state index contributed by atoms with van der Waals surface area (Å²) in [6.45, 7) is 1.68. The highest BCUT2D eigenvalue weighted by Gasteiger charge is 2.24. The van der Waals surface area contributed by atoms with Crippen molar-refractivity contribution in [1.29, 1.82) is 0 Å². The van der Waals surface area contributed by atoms with Crippen LogP contribution >= 0.6 is 11.3 Å². The molecule has 1 atom stereocenters. The number of benzene rings is 1. The Labute approximate surface area is 155 Å². The van der Waals surface area contributed by atoms with E-state index in [9.17, 15) is 4.79 Å². The number of thiazole rings is 1. The van der Waals surface area contributed by atoms with Crippen LogP contribution in [0.25, 0.3) is 10.2 Å². The van der Waals surface area contributed by atoms with Gasteiger partial charge in [0.1, 0.15) is 11.4 Å². The average Bonchev–Trinajstić information content (AvgIpc) is 3.12. The van der Waals surface area contributed by atoms with Gasteiger partial charge in [-0.3, -0.25) is 9.78 Å². The van der Waals surface area contributed by atoms with Gasteiger partial charge in [-0.25, -0.2) is 9.97 Å². The summed E-state index contributed by atoms with van der Waals surface area (Å²) >= 11 is 1.66. The zero-order valence-electron chi connectivity index (χ0n) is 14.4. The number of fused-ring (bicyclic) bond motifs is 1. The van der Waals surface area contributed by atoms with Crippen molar-refractivity contribution in [3.8, 4) is 5.75 Å². The molecule has 1 amide bonds. The number of carbonyl (C=O) groups is 1. The first-order chi connectivity index (χ1) is 12.7. The van der Waals surface area contributed by atoms with Gasteiger partial charge < -0.3 is 15.0 Å². The predicted octanol–water partition coefficient (Wildman–Crippen LogP) is 2.49. The zero-order chi connectivity index (χ0) is 17.9. The number of ether oxygens (including phenoxy) is 1. The second-order valence-corrected chi connectivity index (χ2v) is 7.19. The second kappa shape index (κ2) is 7.25. The molecule has 1 fully saturated rings. The Morgan fingerprint density at radius 3 is 3.12 bits per heavy atom. The summed E-state index contributed by atoms with van der Waals surface area (Å²) in [4.78, 5) is 27.3. The fourth-order valence-corrected chi connectivity index (χ4v) is 4.08. The van der Waals surface area contributed by atoms with E-state index >= 15 is 0 Å². The highest BCUT2D eigenvalue weighted by molar-refractivity contribution is 7.22. The molecular formula is C18H19N5O2S. The van der Waals surface area contributed by atoms with Crippen molar-refractivity contribution in [3.63, 3.8) is 0 Å². The van der Waals surface area contributed by atoms with E-state index in [0.29, 0.717) is 5.69 Å². The molecule has 1 saturated heterocycles. The third-order valence-electron chi connectivity index (χ3n) is 4.41. The molecule has 0 spiro atoms. The Morgan fingerprint density at radius 2 is 2.31 bits per heavy atom. The van der Waals surface area contributed by atoms with E-state index in [0.717, 1.165) is 47.0 Å². The van der Waals surface area contributed by atoms with Crippen molar-refractivity contribution in [3.05, 3.63) is 42.5 Å². The minimum absolute atomic E-state index is 0.0693. The monoisotopic (exact) mass is 369 g/mol. The van der Waals surface area contributed by atoms with E-state index in [4.69, 9.17) is 9.72 Å². The number of piperidine rings is 1. The zero-order valence-corrected chi connectivity index (χ0v) is 15.2. The first kappa shape index (κ1) is 16.7. The predicted molar refractivity (Wildman–Crippen MR) is 101 cm³/mol. The highest BCUT2D eigenvalue weighted by Crippen LogP contribution is 2.32. The first-order valence-corrected chi connectivity index (χ1v) is 9.31. The van der Waals surface area contributed by atoms with Crippen LogP contribution in [0.15, 0.2) is 36.8 Å². The topological polar surface area (TPSA) is 80.2 Å². The van der Waals surface area contributed by atoms with Crippen LogP contribution in [0.1, 0.15) is 23.3 Å². The van der Waals surface area contributed by atoms with Crippen LogP contribution in [0.2, 0.25) is 0 Å². The number of methoxy groups -OCH3 is 1. The SMILES string of the molecule is COc1ccc2sc(N3CCCC(NC(=O)c4cnccn4)C3)nc2c1. The first-order valence-electron chi connectivity index (χ1n) is 8.49. The van der Waals surface area contributed by atoms with Crippen LogP contribution < -0.4 is 15.0 Å². The van der Waals surface area contributed by atoms with Crippen LogP contribution in [-0.4, -0.2) is 47.1 Å². The summed E-state index contributed by atoms with van der Waals surface area (Å²) in [6.07, 6.45) is 6.52. The summed E-state index contributed by atoms with van der Waals surface area (Å²) in [7, 11) is 1.66. The maximum absolute atomic E-state index is 12.3. The minimum atomic E-state index is -0.181. The number of amides is 1. The Bertz CT molecular complexity index is 914. The summed E-state index contributed by atoms with van der Waals surface area (Å²) < 4.78 is 6.40. The number of nitrogens with zero attached hydrogens (tertiary/aromatic N) is 4. The van der Waals surface area contributed by atoms with Gasteiger partial charge in [0.25, 0.3) is 5.91 Å². The fraction of sp³-hybridized carbons (Fsp3) is 0.333. The number of anilines is 1. The van der Waals surface area contributed by atoms with E-state index in [-0.39, 0.29) is 11.9 Å². The summed E-state index contributed by atoms with van der Waals surface area (Å²) in [5.74, 6) is 0.626. The minimum Gasteiger partial charge on any atom is -0.497 e. The van der Waals surface area contributed by atoms with Crippen molar-refractivity contribution in [2.75, 3.05) is 25.1 Å². The summed E-state index contributed by atoms with van der Waals surface area (Å²) in [6, 6.07) is 6.00. The highest BCUT2D eigenvalue weighted by atomic mass is 32.1. The van der Waals surface area contributed by atoms with Gasteiger partial charge in [0.2, 0.25) is 0 Å². The molecule has 1 aliphatic heterocycles. The van der Waals surface area contributed by atoms with E-state index in [1.54, 1.807) is 24.6 Å². The summed E-state index contributed by atoms with van der Waals surface area (Å²) in [5.41, 5.74) is 1.28. The molecule has 1 aliphatic rings. The van der Waals surface area contributed by atoms with Crippen molar-refractivity contribution in [2.45, 2.75) is 18.9 Å². The molecule has 26 heavy (non-hydrogen) atoms. The molecule has 1 unspecified atom stereocenters. The van der Waals surface area contributed by atoms with Gasteiger partial charge in [0, 0.05) is 37.6 Å². The fourth-order valence-electron chi connectivity index (χ4n) is 3.10. The molecule has 3 aromatic rings. The second-order valence-electron chi connectivity index (χ2n) is 6.18. The molecule has 0 aliphatic carbocycles. The molecule has 1 aromatic carbocycles. The van der Waals surface area contributed by atoms with Crippen molar-refractivity contribution >= 4 is 32.6 Å². The lowest BCUT2D eigenvalue weighted by atomic mass is 10.1. The van der Waals surface area contributed by atoms with E-state index in [1.807, 2.05) is 18.2 Å². The molecule has 1 N–H and O–H groups in total. The molecule has 134 valence electrons. The maximum Gasteiger partial charge on any atom is 0.271 e. The van der Waals surface area contributed by atoms with E-state index < -0.39 is 0 Å². The van der Waals surface area contributed by atoms with Gasteiger partial charge in [-0.15, -0.1) is 0 Å². The Morgan fingerprint density at radius 1 is 1.38 bits per heavy atom. The van der Waals surface area contributed by atoms with Gasteiger partial charge in [0.15, 0.2) is 5.13 Å². The number of rotatable bonds is 4. The molecule has 3 heterocycles. The van der Waals surface area contributed by atoms with Gasteiger partial charge in [0.05, 0.1) is 23.5 Å². The van der Waals surface area contributed by atoms with Crippen LogP contribution in [-0.2, 0) is 0 Å². The third kappa shape index (κ3) is 3.45. The van der Waals surface area contributed by atoms with Crippen molar-refractivity contribution < 1.29 is 9.53 Å². The van der Waals surface area contributed by atoms with Crippen LogP contribution in [0.5, 0.6) is 5.75 Å². The Kier molecular flexibility index (Phi) is 4.66. The smallest absolute Gasteiger partial charge is 0.271 e. The molecule has 4 rings (SSSR count). The maximum atomic E-state index is 12.3. The molecule has 0 radical (unpaired) electrons. The lowest BCUT2D eigenvalue weighted by Gasteiger charge is -2.32. The molecule has 0 bridgehead atoms. The van der Waals surface area contributed by atoms with Gasteiger partial charge in [-0.05, 0) is 25.0 Å². The van der Waals surface area contributed by atoms with Crippen LogP contribution in [0, 0.1) is 0 Å². The molecule has 2 aromatic heterocycles. The van der Waals surface area contributed by atoms with Gasteiger partial charge in [-0.2, -0.15) is 0 Å². The van der Waals surface area contributed by atoms with E-state index in [1.165, 1.54) is 12.4 Å². The van der Waals surface area contributed by atoms with Gasteiger partial charge >= 0.3 is 0 Å². The van der Waals surface area contributed by atoms with Crippen molar-refractivity contribution in [2.24, 2.45) is 0 Å². The van der Waals surface area contributed by atoms with E-state index in [2.05, 4.69) is 20.2 Å². The molecule has 7 nitrogen and oxygen atoms in total. The lowest BCUT2D eigenvalue weighted by molar-refractivity contribution is 0.0927. The quantitative estimate of drug-likeness (QED) is 0.761. The molecule has 8 heteroatoms. The van der Waals surface area contributed by atoms with Crippen LogP contribution in [0.4, 0.5) is 5.13 Å². The Balaban J connectivity index is 1.47. The Hall–Kier alpha value is -2.74. The van der Waals surface area contributed by atoms with Crippen LogP contribution in [0.3, 0.4) is 0 Å². The normalized spacial score (nSPS) is 17.3. The molecule has 0 saturated carbocycles. The van der Waals surface area contributed by atoms with Gasteiger partial charge in [-0.1, -0.05) is 11.3 Å². The van der Waals surface area contributed by atoms with Crippen molar-refractivity contribution in [1.82, 2.24) is 20.3 Å². The number of aromatic nitrogens is 3. The number of nitrogens with one attached hydrogen (secondary N) is 1. The largest absolute Gasteiger partial charge is 0.497 e. The standard InChI is InChI=1S/C18H19N5O2S/c1-25-13-4-5-16-14(9-13)22-18(26-16)23-8-2-3-12(11-23)21-17(24)15-10-19-6-7-20-15/h4-7,9-10,12H,2-3,8,11H2,1H3,(H,21,24). The lowest BCUT2D eigenvalue weighted by Crippen LogP contribution is -2.48. The number of hydrogen-bond acceptors (Lipinski definition) is 7. The third-order valence-corrected chi connectivity index (χ3v) is 5.50.